The smallest absolute Gasteiger partial charge is 0.406 e. The average Bonchev–Trinajstić information content (AvgIpc) is 3.21. The Labute approximate surface area is 179 Å². The van der Waals surface area contributed by atoms with Crippen LogP contribution in [0.1, 0.15) is 30.0 Å². The Morgan fingerprint density at radius 2 is 1.81 bits per heavy atom. The van der Waals surface area contributed by atoms with Gasteiger partial charge in [-0.2, -0.15) is 13.2 Å². The van der Waals surface area contributed by atoms with Crippen LogP contribution in [-0.4, -0.2) is 54.7 Å². The van der Waals surface area contributed by atoms with Crippen LogP contribution < -0.4 is 9.47 Å². The summed E-state index contributed by atoms with van der Waals surface area (Å²) >= 11 is 0. The number of fused-ring (bicyclic) bond motifs is 1. The molecule has 0 aliphatic carbocycles. The van der Waals surface area contributed by atoms with E-state index in [-0.39, 0.29) is 19.1 Å². The number of benzene rings is 2. The average molecular weight is 434 g/mol. The normalized spacial score (nSPS) is 18.7. The molecular weight excluding hydrogens is 409 g/mol. The van der Waals surface area contributed by atoms with Crippen molar-refractivity contribution in [2.45, 2.75) is 31.6 Å². The molecule has 2 aromatic rings. The molecule has 4 rings (SSSR count). The standard InChI is InChI=1S/C23H25F3N2O3/c24-23(25,26)16-28(14-17-5-2-1-3-6-17)22(29)15-27-10-4-7-19(27)18-8-9-20-21(13-18)31-12-11-30-20/h1-3,5-6,8-9,13,19H,4,7,10-12,14-16H2. The van der Waals surface area contributed by atoms with Crippen molar-refractivity contribution < 1.29 is 27.4 Å². The second-order valence-electron chi connectivity index (χ2n) is 7.88. The molecule has 2 aliphatic rings. The number of amides is 1. The van der Waals surface area contributed by atoms with Crippen molar-refractivity contribution in [1.29, 1.82) is 0 Å². The fourth-order valence-corrected chi connectivity index (χ4v) is 4.19. The van der Waals surface area contributed by atoms with Crippen LogP contribution in [0.3, 0.4) is 0 Å². The predicted octanol–water partition coefficient (Wildman–Crippen LogP) is 4.19. The first-order valence-corrected chi connectivity index (χ1v) is 10.4. The summed E-state index contributed by atoms with van der Waals surface area (Å²) in [6.45, 7) is 0.269. The van der Waals surface area contributed by atoms with Crippen LogP contribution in [0.5, 0.6) is 11.5 Å². The highest BCUT2D eigenvalue weighted by Gasteiger charge is 2.35. The molecule has 2 aromatic carbocycles. The third kappa shape index (κ3) is 5.50. The van der Waals surface area contributed by atoms with Crippen LogP contribution >= 0.6 is 0 Å². The third-order valence-electron chi connectivity index (χ3n) is 5.59. The number of halogens is 3. The minimum absolute atomic E-state index is 0.0377. The number of carbonyl (C=O) groups is 1. The van der Waals surface area contributed by atoms with Gasteiger partial charge in [-0.3, -0.25) is 9.69 Å². The molecule has 1 atom stereocenters. The number of nitrogens with zero attached hydrogens (tertiary/aromatic N) is 2. The summed E-state index contributed by atoms with van der Waals surface area (Å²) in [4.78, 5) is 15.8. The lowest BCUT2D eigenvalue weighted by Crippen LogP contribution is -2.44. The zero-order chi connectivity index (χ0) is 21.8. The fraction of sp³-hybridized carbons (Fsp3) is 0.435. The van der Waals surface area contributed by atoms with Crippen molar-refractivity contribution in [3.8, 4) is 11.5 Å². The van der Waals surface area contributed by atoms with Gasteiger partial charge in [-0.1, -0.05) is 36.4 Å². The lowest BCUT2D eigenvalue weighted by atomic mass is 10.0. The summed E-state index contributed by atoms with van der Waals surface area (Å²) in [5, 5.41) is 0. The van der Waals surface area contributed by atoms with Gasteiger partial charge in [-0.05, 0) is 42.6 Å². The van der Waals surface area contributed by atoms with E-state index in [9.17, 15) is 18.0 Å². The third-order valence-corrected chi connectivity index (χ3v) is 5.59. The zero-order valence-corrected chi connectivity index (χ0v) is 17.1. The first-order valence-electron chi connectivity index (χ1n) is 10.4. The van der Waals surface area contributed by atoms with E-state index in [0.29, 0.717) is 36.8 Å². The van der Waals surface area contributed by atoms with Gasteiger partial charge in [-0.25, -0.2) is 0 Å². The Morgan fingerprint density at radius 1 is 1.06 bits per heavy atom. The van der Waals surface area contributed by atoms with E-state index in [1.807, 2.05) is 23.1 Å². The van der Waals surface area contributed by atoms with Gasteiger partial charge in [0.15, 0.2) is 11.5 Å². The monoisotopic (exact) mass is 434 g/mol. The second-order valence-corrected chi connectivity index (χ2v) is 7.88. The summed E-state index contributed by atoms with van der Waals surface area (Å²) in [5.74, 6) is 0.838. The Hall–Kier alpha value is -2.74. The summed E-state index contributed by atoms with van der Waals surface area (Å²) < 4.78 is 50.7. The molecule has 0 aromatic heterocycles. The van der Waals surface area contributed by atoms with Crippen LogP contribution in [0.2, 0.25) is 0 Å². The van der Waals surface area contributed by atoms with Crippen LogP contribution in [-0.2, 0) is 11.3 Å². The number of likely N-dealkylation sites (tertiary alicyclic amines) is 1. The Morgan fingerprint density at radius 3 is 2.55 bits per heavy atom. The molecule has 2 aliphatic heterocycles. The summed E-state index contributed by atoms with van der Waals surface area (Å²) in [5.41, 5.74) is 1.66. The van der Waals surface area contributed by atoms with Gasteiger partial charge in [0.1, 0.15) is 19.8 Å². The first-order chi connectivity index (χ1) is 14.9. The molecule has 1 unspecified atom stereocenters. The van der Waals surface area contributed by atoms with Crippen LogP contribution in [0, 0.1) is 0 Å². The number of hydrogen-bond acceptors (Lipinski definition) is 4. The van der Waals surface area contributed by atoms with Crippen molar-refractivity contribution in [2.24, 2.45) is 0 Å². The van der Waals surface area contributed by atoms with Crippen LogP contribution in [0.25, 0.3) is 0 Å². The number of ether oxygens (including phenoxy) is 2. The SMILES string of the molecule is O=C(CN1CCCC1c1ccc2c(c1)OCCO2)N(Cc1ccccc1)CC(F)(F)F. The van der Waals surface area contributed by atoms with E-state index >= 15 is 0 Å². The predicted molar refractivity (Wildman–Crippen MR) is 109 cm³/mol. The van der Waals surface area contributed by atoms with E-state index in [4.69, 9.17) is 9.47 Å². The quantitative estimate of drug-likeness (QED) is 0.684. The lowest BCUT2D eigenvalue weighted by Gasteiger charge is -2.30. The Bertz CT molecular complexity index is 905. The van der Waals surface area contributed by atoms with Crippen molar-refractivity contribution >= 4 is 5.91 Å². The van der Waals surface area contributed by atoms with Crippen molar-refractivity contribution in [3.63, 3.8) is 0 Å². The Kier molecular flexibility index (Phi) is 6.36. The zero-order valence-electron chi connectivity index (χ0n) is 17.1. The van der Waals surface area contributed by atoms with E-state index in [0.717, 1.165) is 23.3 Å². The molecule has 5 nitrogen and oxygen atoms in total. The van der Waals surface area contributed by atoms with Gasteiger partial charge in [0, 0.05) is 12.6 Å². The molecule has 2 heterocycles. The highest BCUT2D eigenvalue weighted by Crippen LogP contribution is 2.38. The van der Waals surface area contributed by atoms with Crippen LogP contribution in [0.4, 0.5) is 13.2 Å². The van der Waals surface area contributed by atoms with E-state index in [2.05, 4.69) is 0 Å². The maximum absolute atomic E-state index is 13.2. The maximum Gasteiger partial charge on any atom is 0.406 e. The van der Waals surface area contributed by atoms with Crippen molar-refractivity contribution in [2.75, 3.05) is 32.8 Å². The molecule has 1 fully saturated rings. The van der Waals surface area contributed by atoms with Gasteiger partial charge in [0.25, 0.3) is 0 Å². The van der Waals surface area contributed by atoms with Gasteiger partial charge in [-0.15, -0.1) is 0 Å². The van der Waals surface area contributed by atoms with E-state index < -0.39 is 18.6 Å². The maximum atomic E-state index is 13.2. The second kappa shape index (κ2) is 9.18. The summed E-state index contributed by atoms with van der Waals surface area (Å²) in [6, 6.07) is 14.4. The number of hydrogen-bond donors (Lipinski definition) is 0. The molecule has 0 radical (unpaired) electrons. The number of carbonyl (C=O) groups excluding carboxylic acids is 1. The summed E-state index contributed by atoms with van der Waals surface area (Å²) in [6.07, 6.45) is -2.74. The molecule has 31 heavy (non-hydrogen) atoms. The molecular formula is C23H25F3N2O3. The largest absolute Gasteiger partial charge is 0.486 e. The van der Waals surface area contributed by atoms with E-state index in [1.165, 1.54) is 0 Å². The van der Waals surface area contributed by atoms with Crippen molar-refractivity contribution in [3.05, 3.63) is 59.7 Å². The molecule has 0 bridgehead atoms. The van der Waals surface area contributed by atoms with Gasteiger partial charge in [0.05, 0.1) is 6.54 Å². The minimum Gasteiger partial charge on any atom is -0.486 e. The molecule has 1 amide bonds. The van der Waals surface area contributed by atoms with Crippen molar-refractivity contribution in [1.82, 2.24) is 9.80 Å². The fourth-order valence-electron chi connectivity index (χ4n) is 4.19. The van der Waals surface area contributed by atoms with Crippen LogP contribution in [0.15, 0.2) is 48.5 Å². The number of rotatable bonds is 6. The van der Waals surface area contributed by atoms with E-state index in [1.54, 1.807) is 30.3 Å². The van der Waals surface area contributed by atoms with Gasteiger partial charge < -0.3 is 14.4 Å². The molecule has 0 spiro atoms. The minimum atomic E-state index is -4.45. The summed E-state index contributed by atoms with van der Waals surface area (Å²) in [7, 11) is 0. The van der Waals surface area contributed by atoms with Gasteiger partial charge >= 0.3 is 6.18 Å². The molecule has 8 heteroatoms. The molecule has 0 N–H and O–H groups in total. The molecule has 0 saturated carbocycles. The highest BCUT2D eigenvalue weighted by molar-refractivity contribution is 5.78. The molecule has 166 valence electrons. The first kappa shape index (κ1) is 21.5. The van der Waals surface area contributed by atoms with Gasteiger partial charge in [0.2, 0.25) is 5.91 Å². The lowest BCUT2D eigenvalue weighted by molar-refractivity contribution is -0.163. The highest BCUT2D eigenvalue weighted by atomic mass is 19.4. The topological polar surface area (TPSA) is 42.0 Å². The Balaban J connectivity index is 1.48. The molecule has 1 saturated heterocycles. The number of alkyl halides is 3.